The molecule has 0 saturated heterocycles. The van der Waals surface area contributed by atoms with Gasteiger partial charge in [-0.05, 0) is 34.1 Å². The number of rotatable bonds is 6. The minimum atomic E-state index is -0.607. The van der Waals surface area contributed by atoms with Gasteiger partial charge in [-0.25, -0.2) is 9.59 Å². The minimum Gasteiger partial charge on any atom is -0.466 e. The van der Waals surface area contributed by atoms with Crippen LogP contribution in [-0.2, 0) is 28.6 Å². The number of hydrogen-bond donors (Lipinski definition) is 0. The highest BCUT2D eigenvalue weighted by molar-refractivity contribution is 6.00. The van der Waals surface area contributed by atoms with Gasteiger partial charge in [0.05, 0.1) is 26.2 Å². The van der Waals surface area contributed by atoms with E-state index in [1.807, 2.05) is 0 Å². The third-order valence-corrected chi connectivity index (χ3v) is 2.57. The fourth-order valence-electron chi connectivity index (χ4n) is 1.55. The molecule has 0 aromatic carbocycles. The molecule has 0 rings (SSSR count). The molecule has 0 unspecified atom stereocenters. The molecule has 0 aliphatic carbocycles. The number of carbonyl (C=O) groups is 3. The maximum atomic E-state index is 11.7. The molecular formula is C16H24O6. The van der Waals surface area contributed by atoms with Crippen LogP contribution in [0.3, 0.4) is 0 Å². The SMILES string of the molecule is COC(=O)C(C)=C(CC=CCC(=O)OC(C)(C)C)C(=O)OC. The summed E-state index contributed by atoms with van der Waals surface area (Å²) in [7, 11) is 2.47. The standard InChI is InChI=1S/C16H24O6/c1-11(14(18)20-5)12(15(19)21-6)9-7-8-10-13(17)22-16(2,3)4/h7-8H,9-10H2,1-6H3. The number of esters is 3. The molecule has 0 atom stereocenters. The molecule has 0 saturated carbocycles. The largest absolute Gasteiger partial charge is 0.466 e. The second-order valence-corrected chi connectivity index (χ2v) is 5.55. The van der Waals surface area contributed by atoms with Crippen LogP contribution in [0.5, 0.6) is 0 Å². The van der Waals surface area contributed by atoms with Gasteiger partial charge in [-0.15, -0.1) is 0 Å². The molecule has 0 amide bonds. The Labute approximate surface area is 131 Å². The highest BCUT2D eigenvalue weighted by Crippen LogP contribution is 2.14. The lowest BCUT2D eigenvalue weighted by molar-refractivity contribution is -0.153. The van der Waals surface area contributed by atoms with Gasteiger partial charge in [-0.2, -0.15) is 0 Å². The summed E-state index contributed by atoms with van der Waals surface area (Å²) in [5.41, 5.74) is -0.171. The van der Waals surface area contributed by atoms with Crippen molar-refractivity contribution in [2.75, 3.05) is 14.2 Å². The second-order valence-electron chi connectivity index (χ2n) is 5.55. The molecule has 0 radical (unpaired) electrons. The van der Waals surface area contributed by atoms with E-state index >= 15 is 0 Å². The summed E-state index contributed by atoms with van der Waals surface area (Å²) in [6.07, 6.45) is 3.45. The molecule has 0 aliphatic heterocycles. The summed E-state index contributed by atoms with van der Waals surface area (Å²) in [4.78, 5) is 34.7. The van der Waals surface area contributed by atoms with E-state index in [-0.39, 0.29) is 30.0 Å². The van der Waals surface area contributed by atoms with Crippen LogP contribution in [0, 0.1) is 0 Å². The van der Waals surface area contributed by atoms with Crippen LogP contribution >= 0.6 is 0 Å². The summed E-state index contributed by atoms with van der Waals surface area (Å²) in [6, 6.07) is 0. The van der Waals surface area contributed by atoms with Gasteiger partial charge in [0.1, 0.15) is 5.60 Å². The van der Waals surface area contributed by atoms with Crippen LogP contribution in [0.25, 0.3) is 0 Å². The van der Waals surface area contributed by atoms with Crippen molar-refractivity contribution in [3.05, 3.63) is 23.3 Å². The highest BCUT2D eigenvalue weighted by atomic mass is 16.6. The van der Waals surface area contributed by atoms with E-state index in [1.165, 1.54) is 21.1 Å². The van der Waals surface area contributed by atoms with Crippen LogP contribution in [0.15, 0.2) is 23.3 Å². The van der Waals surface area contributed by atoms with Crippen LogP contribution in [0.1, 0.15) is 40.5 Å². The van der Waals surface area contributed by atoms with Crippen molar-refractivity contribution in [2.24, 2.45) is 0 Å². The zero-order chi connectivity index (χ0) is 17.3. The van der Waals surface area contributed by atoms with E-state index in [9.17, 15) is 14.4 Å². The topological polar surface area (TPSA) is 78.9 Å². The summed E-state index contributed by atoms with van der Waals surface area (Å²) in [5, 5.41) is 0. The van der Waals surface area contributed by atoms with Crippen LogP contribution in [0.4, 0.5) is 0 Å². The highest BCUT2D eigenvalue weighted by Gasteiger charge is 2.18. The van der Waals surface area contributed by atoms with Gasteiger partial charge in [0.2, 0.25) is 0 Å². The molecule has 0 aromatic rings. The lowest BCUT2D eigenvalue weighted by atomic mass is 10.1. The Morgan fingerprint density at radius 1 is 0.909 bits per heavy atom. The predicted octanol–water partition coefficient (Wildman–Crippen LogP) is 2.33. The third kappa shape index (κ3) is 7.61. The lowest BCUT2D eigenvalue weighted by Crippen LogP contribution is -2.23. The maximum Gasteiger partial charge on any atom is 0.334 e. The van der Waals surface area contributed by atoms with E-state index in [2.05, 4.69) is 9.47 Å². The zero-order valence-electron chi connectivity index (χ0n) is 14.0. The van der Waals surface area contributed by atoms with Crippen molar-refractivity contribution < 1.29 is 28.6 Å². The van der Waals surface area contributed by atoms with Crippen LogP contribution in [-0.4, -0.2) is 37.7 Å². The van der Waals surface area contributed by atoms with Gasteiger partial charge in [-0.1, -0.05) is 12.2 Å². The van der Waals surface area contributed by atoms with E-state index in [4.69, 9.17) is 4.74 Å². The smallest absolute Gasteiger partial charge is 0.334 e. The Bertz CT molecular complexity index is 479. The average molecular weight is 312 g/mol. The number of allylic oxidation sites excluding steroid dienone is 1. The predicted molar refractivity (Wildman–Crippen MR) is 81.0 cm³/mol. The molecule has 0 N–H and O–H groups in total. The van der Waals surface area contributed by atoms with Gasteiger partial charge in [0, 0.05) is 5.57 Å². The van der Waals surface area contributed by atoms with Crippen LogP contribution in [0.2, 0.25) is 0 Å². The fourth-order valence-corrected chi connectivity index (χ4v) is 1.55. The summed E-state index contributed by atoms with van der Waals surface area (Å²) in [6.45, 7) is 6.84. The Kier molecular flexibility index (Phi) is 8.15. The molecule has 6 heteroatoms. The van der Waals surface area contributed by atoms with Crippen molar-refractivity contribution in [2.45, 2.75) is 46.1 Å². The van der Waals surface area contributed by atoms with Gasteiger partial charge in [0.15, 0.2) is 0 Å². The van der Waals surface area contributed by atoms with Crippen molar-refractivity contribution in [3.8, 4) is 0 Å². The quantitative estimate of drug-likeness (QED) is 0.324. The summed E-state index contributed by atoms with van der Waals surface area (Å²) >= 11 is 0. The molecule has 0 aromatic heterocycles. The second kappa shape index (κ2) is 9.02. The first-order valence-electron chi connectivity index (χ1n) is 6.85. The zero-order valence-corrected chi connectivity index (χ0v) is 14.0. The molecule has 124 valence electrons. The minimum absolute atomic E-state index is 0.0863. The maximum absolute atomic E-state index is 11.7. The molecule has 0 heterocycles. The van der Waals surface area contributed by atoms with E-state index in [0.29, 0.717) is 0 Å². The number of methoxy groups -OCH3 is 2. The van der Waals surface area contributed by atoms with Gasteiger partial charge in [-0.3, -0.25) is 4.79 Å². The number of ether oxygens (including phenoxy) is 3. The summed E-state index contributed by atoms with van der Waals surface area (Å²) < 4.78 is 14.4. The van der Waals surface area contributed by atoms with Gasteiger partial charge in [0.25, 0.3) is 0 Å². The molecule has 6 nitrogen and oxygen atoms in total. The molecule has 0 spiro atoms. The first-order chi connectivity index (χ1) is 10.1. The fraction of sp³-hybridized carbons (Fsp3) is 0.562. The van der Waals surface area contributed by atoms with E-state index in [1.54, 1.807) is 32.9 Å². The number of hydrogen-bond acceptors (Lipinski definition) is 6. The van der Waals surface area contributed by atoms with Gasteiger partial charge >= 0.3 is 17.9 Å². The molecule has 22 heavy (non-hydrogen) atoms. The number of carbonyl (C=O) groups excluding carboxylic acids is 3. The van der Waals surface area contributed by atoms with E-state index in [0.717, 1.165) is 0 Å². The molecule has 0 fully saturated rings. The van der Waals surface area contributed by atoms with Crippen molar-refractivity contribution >= 4 is 17.9 Å². The Balaban J connectivity index is 4.79. The van der Waals surface area contributed by atoms with E-state index < -0.39 is 17.5 Å². The van der Waals surface area contributed by atoms with Crippen LogP contribution < -0.4 is 0 Å². The van der Waals surface area contributed by atoms with Gasteiger partial charge < -0.3 is 14.2 Å². The molecule has 0 aliphatic rings. The monoisotopic (exact) mass is 312 g/mol. The molecule has 0 bridgehead atoms. The first kappa shape index (κ1) is 19.9. The average Bonchev–Trinajstić information content (AvgIpc) is 2.43. The van der Waals surface area contributed by atoms with Crippen molar-refractivity contribution in [3.63, 3.8) is 0 Å². The normalized spacial score (nSPS) is 12.6. The van der Waals surface area contributed by atoms with Crippen molar-refractivity contribution in [1.82, 2.24) is 0 Å². The Morgan fingerprint density at radius 2 is 1.41 bits per heavy atom. The molecular weight excluding hydrogens is 288 g/mol. The lowest BCUT2D eigenvalue weighted by Gasteiger charge is -2.18. The third-order valence-electron chi connectivity index (χ3n) is 2.57. The Morgan fingerprint density at radius 3 is 1.86 bits per heavy atom. The Hall–Kier alpha value is -2.11. The first-order valence-corrected chi connectivity index (χ1v) is 6.85. The summed E-state index contributed by atoms with van der Waals surface area (Å²) in [5.74, 6) is -1.57. The van der Waals surface area contributed by atoms with Crippen molar-refractivity contribution in [1.29, 1.82) is 0 Å².